The van der Waals surface area contributed by atoms with Crippen LogP contribution < -0.4 is 20.9 Å². The predicted octanol–water partition coefficient (Wildman–Crippen LogP) is 4.93. The molecule has 0 saturated carbocycles. The summed E-state index contributed by atoms with van der Waals surface area (Å²) in [7, 11) is 7.75. The molecule has 1 amide bonds. The maximum absolute atomic E-state index is 11.8. The highest BCUT2D eigenvalue weighted by molar-refractivity contribution is 5.96. The highest BCUT2D eigenvalue weighted by Gasteiger charge is 2.16. The first-order chi connectivity index (χ1) is 24.5. The second-order valence-corrected chi connectivity index (χ2v) is 11.3. The topological polar surface area (TPSA) is 208 Å². The maximum Gasteiger partial charge on any atom is 0.335 e. The molecule has 0 spiro atoms. The number of benzene rings is 2. The van der Waals surface area contributed by atoms with Crippen LogP contribution in [0.1, 0.15) is 45.7 Å². The number of aryl methyl sites for hydroxylation is 4. The molecular formula is C36H38N12O3. The zero-order chi connectivity index (χ0) is 37.2. The SMILES string of the molecule is CCc1cc(C(=O)NC#N)ccc1N(C)c1cc2c(cn1)ncn2C.CCc1cc(C(=O)O)ccc1N(C)c1cc2c(cn1)ncn2C.N#CN. The van der Waals surface area contributed by atoms with E-state index in [1.54, 1.807) is 55.5 Å². The summed E-state index contributed by atoms with van der Waals surface area (Å²) in [6, 6.07) is 14.5. The lowest BCUT2D eigenvalue weighted by molar-refractivity contribution is 0.0696. The monoisotopic (exact) mass is 686 g/mol. The van der Waals surface area contributed by atoms with E-state index in [1.165, 1.54) is 6.19 Å². The van der Waals surface area contributed by atoms with Gasteiger partial charge in [0, 0.05) is 57.3 Å². The van der Waals surface area contributed by atoms with Gasteiger partial charge in [-0.25, -0.2) is 24.7 Å². The van der Waals surface area contributed by atoms with Gasteiger partial charge < -0.3 is 29.8 Å². The Morgan fingerprint density at radius 1 is 0.784 bits per heavy atom. The van der Waals surface area contributed by atoms with Crippen LogP contribution in [0.25, 0.3) is 22.1 Å². The average Bonchev–Trinajstić information content (AvgIpc) is 3.71. The molecule has 4 N–H and O–H groups in total. The molecular weight excluding hydrogens is 648 g/mol. The number of pyridine rings is 2. The van der Waals surface area contributed by atoms with Crippen LogP contribution in [-0.2, 0) is 26.9 Å². The van der Waals surface area contributed by atoms with Crippen molar-refractivity contribution in [1.29, 1.82) is 10.5 Å². The number of nitrogens with two attached hydrogens (primary N) is 1. The fourth-order valence-electron chi connectivity index (χ4n) is 5.44. The summed E-state index contributed by atoms with van der Waals surface area (Å²) in [6.45, 7) is 4.03. The van der Waals surface area contributed by atoms with Crippen LogP contribution in [0.15, 0.2) is 73.6 Å². The Morgan fingerprint density at radius 3 is 1.63 bits per heavy atom. The van der Waals surface area contributed by atoms with Crippen LogP contribution in [-0.4, -0.2) is 60.1 Å². The maximum atomic E-state index is 11.8. The fourth-order valence-corrected chi connectivity index (χ4v) is 5.44. The zero-order valence-electron chi connectivity index (χ0n) is 29.2. The van der Waals surface area contributed by atoms with E-state index < -0.39 is 11.9 Å². The van der Waals surface area contributed by atoms with Gasteiger partial charge in [0.05, 0.1) is 41.6 Å². The molecule has 0 unspecified atom stereocenters. The number of hydrogen-bond acceptors (Lipinski definition) is 11. The van der Waals surface area contributed by atoms with Gasteiger partial charge in [-0.2, -0.15) is 10.5 Å². The van der Waals surface area contributed by atoms with Gasteiger partial charge in [0.25, 0.3) is 5.91 Å². The van der Waals surface area contributed by atoms with Crippen molar-refractivity contribution in [3.05, 3.63) is 95.8 Å². The number of aromatic carboxylic acids is 1. The Kier molecular flexibility index (Phi) is 11.8. The van der Waals surface area contributed by atoms with Crippen molar-refractivity contribution >= 4 is 57.0 Å². The summed E-state index contributed by atoms with van der Waals surface area (Å²) in [6.07, 6.45) is 11.4. The van der Waals surface area contributed by atoms with E-state index in [9.17, 15) is 9.59 Å². The van der Waals surface area contributed by atoms with Crippen molar-refractivity contribution in [2.45, 2.75) is 26.7 Å². The molecule has 4 heterocycles. The Morgan fingerprint density at radius 2 is 1.22 bits per heavy atom. The van der Waals surface area contributed by atoms with Gasteiger partial charge in [-0.05, 0) is 60.4 Å². The molecule has 0 atom stereocenters. The molecule has 51 heavy (non-hydrogen) atoms. The van der Waals surface area contributed by atoms with Crippen LogP contribution in [0, 0.1) is 22.9 Å². The van der Waals surface area contributed by atoms with Gasteiger partial charge in [0.2, 0.25) is 0 Å². The molecule has 0 aliphatic carbocycles. The fraction of sp³-hybridized carbons (Fsp3) is 0.222. The first-order valence-corrected chi connectivity index (χ1v) is 15.8. The van der Waals surface area contributed by atoms with Crippen LogP contribution in [0.4, 0.5) is 23.0 Å². The number of carboxylic acids is 1. The number of amides is 1. The van der Waals surface area contributed by atoms with Crippen molar-refractivity contribution in [1.82, 2.24) is 34.4 Å². The smallest absolute Gasteiger partial charge is 0.335 e. The van der Waals surface area contributed by atoms with E-state index in [2.05, 4.69) is 31.0 Å². The minimum atomic E-state index is -0.914. The molecule has 0 aliphatic heterocycles. The molecule has 2 aromatic carbocycles. The lowest BCUT2D eigenvalue weighted by Gasteiger charge is -2.22. The number of rotatable bonds is 8. The zero-order valence-corrected chi connectivity index (χ0v) is 29.2. The number of imidazole rings is 2. The number of nitriles is 2. The number of carbonyl (C=O) groups is 2. The third kappa shape index (κ3) is 8.18. The predicted molar refractivity (Wildman–Crippen MR) is 195 cm³/mol. The van der Waals surface area contributed by atoms with E-state index in [-0.39, 0.29) is 0 Å². The summed E-state index contributed by atoms with van der Waals surface area (Å²) in [4.78, 5) is 44.4. The summed E-state index contributed by atoms with van der Waals surface area (Å²) < 4.78 is 3.90. The summed E-state index contributed by atoms with van der Waals surface area (Å²) >= 11 is 0. The Bertz CT molecular complexity index is 2280. The normalized spacial score (nSPS) is 10.2. The molecule has 0 saturated heterocycles. The molecule has 0 radical (unpaired) electrons. The molecule has 15 nitrogen and oxygen atoms in total. The van der Waals surface area contributed by atoms with Gasteiger partial charge in [0.1, 0.15) is 22.7 Å². The Hall–Kier alpha value is -7.00. The second-order valence-electron chi connectivity index (χ2n) is 11.3. The van der Waals surface area contributed by atoms with Crippen LogP contribution in [0.3, 0.4) is 0 Å². The average molecular weight is 687 g/mol. The first kappa shape index (κ1) is 36.8. The molecule has 0 fully saturated rings. The molecule has 260 valence electrons. The number of carboxylic acid groups (broad SMARTS) is 1. The molecule has 15 heteroatoms. The number of carbonyl (C=O) groups excluding carboxylic acids is 1. The highest BCUT2D eigenvalue weighted by Crippen LogP contribution is 2.30. The number of nitrogens with one attached hydrogen (secondary N) is 1. The van der Waals surface area contributed by atoms with Crippen molar-refractivity contribution in [3.8, 4) is 12.4 Å². The quantitative estimate of drug-likeness (QED) is 0.144. The van der Waals surface area contributed by atoms with Crippen LogP contribution in [0.2, 0.25) is 0 Å². The second kappa shape index (κ2) is 16.4. The van der Waals surface area contributed by atoms with Crippen molar-refractivity contribution in [2.75, 3.05) is 23.9 Å². The Balaban J connectivity index is 0.000000213. The molecule has 0 aliphatic rings. The van der Waals surface area contributed by atoms with Gasteiger partial charge in [-0.3, -0.25) is 10.1 Å². The van der Waals surface area contributed by atoms with Gasteiger partial charge in [-0.15, -0.1) is 0 Å². The highest BCUT2D eigenvalue weighted by atomic mass is 16.4. The summed E-state index contributed by atoms with van der Waals surface area (Å²) in [5.41, 5.74) is 12.5. The Labute approximate surface area is 294 Å². The lowest BCUT2D eigenvalue weighted by Crippen LogP contribution is -2.18. The van der Waals surface area contributed by atoms with E-state index in [0.717, 1.165) is 69.0 Å². The van der Waals surface area contributed by atoms with Gasteiger partial charge >= 0.3 is 5.97 Å². The molecule has 6 rings (SSSR count). The van der Waals surface area contributed by atoms with Gasteiger partial charge in [0.15, 0.2) is 12.4 Å². The number of aromatic nitrogens is 6. The van der Waals surface area contributed by atoms with E-state index in [1.807, 2.05) is 85.2 Å². The first-order valence-electron chi connectivity index (χ1n) is 15.8. The number of nitrogens with zero attached hydrogens (tertiary/aromatic N) is 10. The minimum Gasteiger partial charge on any atom is -0.478 e. The van der Waals surface area contributed by atoms with Crippen LogP contribution >= 0.6 is 0 Å². The van der Waals surface area contributed by atoms with Crippen molar-refractivity contribution in [3.63, 3.8) is 0 Å². The molecule has 6 aromatic rings. The van der Waals surface area contributed by atoms with E-state index in [4.69, 9.17) is 15.6 Å². The summed E-state index contributed by atoms with van der Waals surface area (Å²) in [5.74, 6) is 0.267. The van der Waals surface area contributed by atoms with E-state index in [0.29, 0.717) is 11.1 Å². The van der Waals surface area contributed by atoms with Crippen LogP contribution in [0.5, 0.6) is 0 Å². The van der Waals surface area contributed by atoms with Crippen molar-refractivity contribution in [2.24, 2.45) is 19.8 Å². The van der Waals surface area contributed by atoms with Crippen molar-refractivity contribution < 1.29 is 14.7 Å². The number of fused-ring (bicyclic) bond motifs is 2. The number of hydrogen-bond donors (Lipinski definition) is 3. The minimum absolute atomic E-state index is 0.300. The third-order valence-electron chi connectivity index (χ3n) is 8.20. The third-order valence-corrected chi connectivity index (χ3v) is 8.20. The largest absolute Gasteiger partial charge is 0.478 e. The van der Waals surface area contributed by atoms with Gasteiger partial charge in [-0.1, -0.05) is 13.8 Å². The lowest BCUT2D eigenvalue weighted by atomic mass is 10.0. The molecule has 0 bridgehead atoms. The number of anilines is 4. The van der Waals surface area contributed by atoms with E-state index >= 15 is 0 Å². The standard InChI is InChI=1S/C18H18N6O.C17H18N4O2.CH2N2/c1-4-12-7-13(18(25)21-10-19)5-6-15(12)24(3)17-8-16-14(9-20-17)22-11-23(16)2;1-4-11-7-12(17(22)23)5-6-14(11)21(3)16-8-15-13(9-18-16)19-10-20(15)2;2-1-3/h5-9,11H,4H2,1-3H3,(H,21,25);5-10H,4H2,1-3H3,(H,22,23);2H2. The molecule has 4 aromatic heterocycles. The summed E-state index contributed by atoms with van der Waals surface area (Å²) in [5, 5.41) is 27.0.